The van der Waals surface area contributed by atoms with Gasteiger partial charge in [0.15, 0.2) is 0 Å². The summed E-state index contributed by atoms with van der Waals surface area (Å²) in [5.41, 5.74) is 2.48. The summed E-state index contributed by atoms with van der Waals surface area (Å²) in [4.78, 5) is 0. The van der Waals surface area contributed by atoms with E-state index in [4.69, 9.17) is 16.3 Å². The third-order valence-electron chi connectivity index (χ3n) is 3.64. The molecule has 1 fully saturated rings. The zero-order chi connectivity index (χ0) is 13.8. The highest BCUT2D eigenvalue weighted by Crippen LogP contribution is 2.23. The molecule has 2 aromatic rings. The number of rotatable bonds is 3. The number of hydrogen-bond donors (Lipinski definition) is 1. The highest BCUT2D eigenvalue weighted by atomic mass is 35.5. The van der Waals surface area contributed by atoms with E-state index in [1.807, 2.05) is 24.3 Å². The monoisotopic (exact) mass is 287 g/mol. The average Bonchev–Trinajstić information content (AvgIpc) is 2.49. The van der Waals surface area contributed by atoms with E-state index < -0.39 is 0 Å². The van der Waals surface area contributed by atoms with E-state index in [0.29, 0.717) is 6.04 Å². The highest BCUT2D eigenvalue weighted by molar-refractivity contribution is 6.30. The summed E-state index contributed by atoms with van der Waals surface area (Å²) in [7, 11) is 0. The standard InChI is InChI=1S/C17H18ClNO/c18-15-8-4-7-14(10-15)17-11-19-16(12-20-17)9-13-5-2-1-3-6-13/h1-8,10,16-17,19H,9,11-12H2. The number of halogens is 1. The minimum absolute atomic E-state index is 0.0979. The molecular formula is C17H18ClNO. The van der Waals surface area contributed by atoms with Crippen LogP contribution in [0.15, 0.2) is 54.6 Å². The fourth-order valence-electron chi connectivity index (χ4n) is 2.57. The molecule has 0 radical (unpaired) electrons. The van der Waals surface area contributed by atoms with Gasteiger partial charge in [-0.15, -0.1) is 0 Å². The lowest BCUT2D eigenvalue weighted by molar-refractivity contribution is 0.00308. The predicted octanol–water partition coefficient (Wildman–Crippen LogP) is 3.61. The van der Waals surface area contributed by atoms with Crippen molar-refractivity contribution in [2.75, 3.05) is 13.2 Å². The second kappa shape index (κ2) is 6.40. The molecule has 1 aliphatic heterocycles. The van der Waals surface area contributed by atoms with Crippen LogP contribution in [0.25, 0.3) is 0 Å². The Kier molecular flexibility index (Phi) is 4.36. The van der Waals surface area contributed by atoms with Crippen LogP contribution in [-0.2, 0) is 11.2 Å². The van der Waals surface area contributed by atoms with Gasteiger partial charge >= 0.3 is 0 Å². The van der Waals surface area contributed by atoms with Crippen molar-refractivity contribution in [3.63, 3.8) is 0 Å². The molecule has 20 heavy (non-hydrogen) atoms. The fraction of sp³-hybridized carbons (Fsp3) is 0.294. The second-order valence-electron chi connectivity index (χ2n) is 5.17. The zero-order valence-corrected chi connectivity index (χ0v) is 12.0. The van der Waals surface area contributed by atoms with Crippen molar-refractivity contribution in [2.24, 2.45) is 0 Å². The highest BCUT2D eigenvalue weighted by Gasteiger charge is 2.22. The smallest absolute Gasteiger partial charge is 0.0950 e. The number of benzene rings is 2. The van der Waals surface area contributed by atoms with E-state index in [0.717, 1.165) is 30.2 Å². The topological polar surface area (TPSA) is 21.3 Å². The molecule has 1 heterocycles. The van der Waals surface area contributed by atoms with Crippen molar-refractivity contribution >= 4 is 11.6 Å². The van der Waals surface area contributed by atoms with Gasteiger partial charge in [-0.1, -0.05) is 54.1 Å². The van der Waals surface area contributed by atoms with E-state index in [2.05, 4.69) is 35.6 Å². The minimum Gasteiger partial charge on any atom is -0.371 e. The molecule has 2 unspecified atom stereocenters. The Hall–Kier alpha value is -1.35. The Morgan fingerprint density at radius 1 is 1.10 bits per heavy atom. The first kappa shape index (κ1) is 13.6. The summed E-state index contributed by atoms with van der Waals surface area (Å²) in [5, 5.41) is 4.33. The summed E-state index contributed by atoms with van der Waals surface area (Å²) < 4.78 is 5.98. The van der Waals surface area contributed by atoms with Crippen LogP contribution in [0.1, 0.15) is 17.2 Å². The van der Waals surface area contributed by atoms with Gasteiger partial charge in [0.05, 0.1) is 12.7 Å². The van der Waals surface area contributed by atoms with Gasteiger partial charge in [-0.05, 0) is 29.7 Å². The van der Waals surface area contributed by atoms with Gasteiger partial charge in [0.1, 0.15) is 0 Å². The maximum absolute atomic E-state index is 6.02. The van der Waals surface area contributed by atoms with Gasteiger partial charge in [0.25, 0.3) is 0 Å². The SMILES string of the molecule is Clc1cccc(C2CNC(Cc3ccccc3)CO2)c1. The van der Waals surface area contributed by atoms with Gasteiger partial charge in [-0.2, -0.15) is 0 Å². The molecule has 1 saturated heterocycles. The van der Waals surface area contributed by atoms with Crippen LogP contribution in [0.4, 0.5) is 0 Å². The van der Waals surface area contributed by atoms with E-state index in [9.17, 15) is 0 Å². The molecule has 0 aromatic heterocycles. The summed E-state index contributed by atoms with van der Waals surface area (Å²) in [6, 6.07) is 18.8. The third-order valence-corrected chi connectivity index (χ3v) is 3.87. The first-order chi connectivity index (χ1) is 9.81. The van der Waals surface area contributed by atoms with E-state index in [1.54, 1.807) is 0 Å². The van der Waals surface area contributed by atoms with E-state index >= 15 is 0 Å². The Morgan fingerprint density at radius 3 is 2.65 bits per heavy atom. The van der Waals surface area contributed by atoms with Crippen molar-refractivity contribution in [3.8, 4) is 0 Å². The quantitative estimate of drug-likeness (QED) is 0.931. The lowest BCUT2D eigenvalue weighted by Crippen LogP contribution is -2.44. The molecule has 2 aromatic carbocycles. The van der Waals surface area contributed by atoms with Gasteiger partial charge < -0.3 is 10.1 Å². The summed E-state index contributed by atoms with van der Waals surface area (Å²) in [6.45, 7) is 1.56. The molecule has 3 rings (SSSR count). The van der Waals surface area contributed by atoms with Crippen LogP contribution in [0.3, 0.4) is 0 Å². The summed E-state index contributed by atoms with van der Waals surface area (Å²) in [6.07, 6.45) is 1.10. The number of nitrogens with one attached hydrogen (secondary N) is 1. The maximum Gasteiger partial charge on any atom is 0.0950 e. The van der Waals surface area contributed by atoms with Crippen molar-refractivity contribution in [1.29, 1.82) is 0 Å². The molecule has 0 amide bonds. The Balaban J connectivity index is 1.57. The molecule has 0 aliphatic carbocycles. The molecule has 3 heteroatoms. The van der Waals surface area contributed by atoms with Crippen LogP contribution in [0.5, 0.6) is 0 Å². The molecule has 0 saturated carbocycles. The van der Waals surface area contributed by atoms with E-state index in [-0.39, 0.29) is 6.10 Å². The average molecular weight is 288 g/mol. The van der Waals surface area contributed by atoms with Gasteiger partial charge in [0, 0.05) is 17.6 Å². The van der Waals surface area contributed by atoms with Gasteiger partial charge in [-0.3, -0.25) is 0 Å². The van der Waals surface area contributed by atoms with E-state index in [1.165, 1.54) is 5.56 Å². The number of ether oxygens (including phenoxy) is 1. The van der Waals surface area contributed by atoms with Crippen LogP contribution in [0, 0.1) is 0 Å². The second-order valence-corrected chi connectivity index (χ2v) is 5.61. The first-order valence-electron chi connectivity index (χ1n) is 6.95. The fourth-order valence-corrected chi connectivity index (χ4v) is 2.77. The Bertz CT molecular complexity index is 550. The predicted molar refractivity (Wildman–Crippen MR) is 82.1 cm³/mol. The van der Waals surface area contributed by atoms with Crippen LogP contribution >= 0.6 is 11.6 Å². The Morgan fingerprint density at radius 2 is 1.95 bits per heavy atom. The van der Waals surface area contributed by atoms with Crippen molar-refractivity contribution in [3.05, 3.63) is 70.7 Å². The number of hydrogen-bond acceptors (Lipinski definition) is 2. The molecule has 0 spiro atoms. The lowest BCUT2D eigenvalue weighted by Gasteiger charge is -2.30. The molecule has 2 atom stereocenters. The summed E-state index contributed by atoms with van der Waals surface area (Å²) >= 11 is 6.02. The zero-order valence-electron chi connectivity index (χ0n) is 11.3. The molecular weight excluding hydrogens is 270 g/mol. The lowest BCUT2D eigenvalue weighted by atomic mass is 10.0. The Labute approximate surface area is 124 Å². The van der Waals surface area contributed by atoms with Gasteiger partial charge in [-0.25, -0.2) is 0 Å². The minimum atomic E-state index is 0.0979. The first-order valence-corrected chi connectivity index (χ1v) is 7.33. The molecule has 2 nitrogen and oxygen atoms in total. The maximum atomic E-state index is 6.02. The summed E-state index contributed by atoms with van der Waals surface area (Å²) in [5.74, 6) is 0. The third kappa shape index (κ3) is 3.40. The van der Waals surface area contributed by atoms with Crippen LogP contribution in [0.2, 0.25) is 5.02 Å². The van der Waals surface area contributed by atoms with Crippen LogP contribution in [-0.4, -0.2) is 19.2 Å². The molecule has 0 bridgehead atoms. The van der Waals surface area contributed by atoms with Crippen LogP contribution < -0.4 is 5.32 Å². The van der Waals surface area contributed by atoms with Crippen molar-refractivity contribution in [2.45, 2.75) is 18.6 Å². The molecule has 104 valence electrons. The van der Waals surface area contributed by atoms with Crippen molar-refractivity contribution < 1.29 is 4.74 Å². The molecule has 1 aliphatic rings. The number of morpholine rings is 1. The largest absolute Gasteiger partial charge is 0.371 e. The molecule has 1 N–H and O–H groups in total. The van der Waals surface area contributed by atoms with Gasteiger partial charge in [0.2, 0.25) is 0 Å². The van der Waals surface area contributed by atoms with Crippen molar-refractivity contribution in [1.82, 2.24) is 5.32 Å². The normalized spacial score (nSPS) is 22.6.